The molecule has 0 unspecified atom stereocenters. The number of carbonyl (C=O) groups is 1. The fourth-order valence-electron chi connectivity index (χ4n) is 3.61. The topological polar surface area (TPSA) is 59.5 Å². The number of oxazole rings is 1. The van der Waals surface area contributed by atoms with Crippen molar-refractivity contribution in [1.29, 1.82) is 0 Å². The molecule has 2 aromatic carbocycles. The SMILES string of the molecule is O=C(NCc1ccccc1)c1cc2ccc(-c3ccccc3)cn2c1-c1cocn1. The molecule has 5 heteroatoms. The number of hydrogen-bond donors (Lipinski definition) is 1. The van der Waals surface area contributed by atoms with Crippen molar-refractivity contribution in [3.63, 3.8) is 0 Å². The molecule has 5 aromatic rings. The van der Waals surface area contributed by atoms with Gasteiger partial charge in [0.1, 0.15) is 12.0 Å². The highest BCUT2D eigenvalue weighted by molar-refractivity contribution is 6.02. The number of aromatic nitrogens is 2. The largest absolute Gasteiger partial charge is 0.451 e. The van der Waals surface area contributed by atoms with Crippen LogP contribution in [0.15, 0.2) is 102 Å². The van der Waals surface area contributed by atoms with Crippen LogP contribution in [0.4, 0.5) is 0 Å². The molecule has 5 rings (SSSR count). The van der Waals surface area contributed by atoms with Crippen LogP contribution in [0, 0.1) is 0 Å². The van der Waals surface area contributed by atoms with Gasteiger partial charge in [-0.05, 0) is 28.8 Å². The van der Waals surface area contributed by atoms with E-state index in [-0.39, 0.29) is 5.91 Å². The lowest BCUT2D eigenvalue weighted by molar-refractivity contribution is 0.0951. The van der Waals surface area contributed by atoms with Gasteiger partial charge in [-0.3, -0.25) is 4.79 Å². The molecule has 0 spiro atoms. The molecule has 3 aromatic heterocycles. The second-order valence-electron chi connectivity index (χ2n) is 7.03. The van der Waals surface area contributed by atoms with Crippen LogP contribution < -0.4 is 5.32 Å². The summed E-state index contributed by atoms with van der Waals surface area (Å²) in [5.41, 5.74) is 6.01. The van der Waals surface area contributed by atoms with E-state index in [1.807, 2.05) is 71.3 Å². The molecular formula is C25H19N3O2. The normalized spacial score (nSPS) is 10.9. The lowest BCUT2D eigenvalue weighted by Gasteiger charge is -2.08. The Morgan fingerprint density at radius 3 is 2.43 bits per heavy atom. The van der Waals surface area contributed by atoms with E-state index in [2.05, 4.69) is 28.5 Å². The Balaban J connectivity index is 1.57. The first-order valence-corrected chi connectivity index (χ1v) is 9.71. The zero-order chi connectivity index (χ0) is 20.3. The lowest BCUT2D eigenvalue weighted by Crippen LogP contribution is -2.23. The predicted octanol–water partition coefficient (Wildman–Crippen LogP) is 5.19. The second kappa shape index (κ2) is 7.72. The fraction of sp³-hybridized carbons (Fsp3) is 0.0400. The summed E-state index contributed by atoms with van der Waals surface area (Å²) < 4.78 is 7.21. The first-order chi connectivity index (χ1) is 14.8. The minimum absolute atomic E-state index is 0.151. The highest BCUT2D eigenvalue weighted by atomic mass is 16.3. The molecule has 0 saturated carbocycles. The van der Waals surface area contributed by atoms with Crippen molar-refractivity contribution >= 4 is 11.4 Å². The molecule has 0 bridgehead atoms. The molecule has 0 fully saturated rings. The minimum atomic E-state index is -0.151. The molecule has 0 atom stereocenters. The van der Waals surface area contributed by atoms with E-state index in [0.717, 1.165) is 22.2 Å². The number of pyridine rings is 1. The average molecular weight is 393 g/mol. The molecule has 0 aliphatic rings. The lowest BCUT2D eigenvalue weighted by atomic mass is 10.1. The van der Waals surface area contributed by atoms with Crippen LogP contribution in [0.25, 0.3) is 28.0 Å². The molecule has 1 N–H and O–H groups in total. The van der Waals surface area contributed by atoms with Crippen LogP contribution in [-0.2, 0) is 6.54 Å². The highest BCUT2D eigenvalue weighted by Crippen LogP contribution is 2.29. The third kappa shape index (κ3) is 3.37. The molecule has 3 heterocycles. The predicted molar refractivity (Wildman–Crippen MR) is 116 cm³/mol. The Hall–Kier alpha value is -4.12. The number of fused-ring (bicyclic) bond motifs is 1. The summed E-state index contributed by atoms with van der Waals surface area (Å²) in [6, 6.07) is 25.9. The monoisotopic (exact) mass is 393 g/mol. The van der Waals surface area contributed by atoms with E-state index >= 15 is 0 Å². The Morgan fingerprint density at radius 1 is 0.933 bits per heavy atom. The number of amides is 1. The van der Waals surface area contributed by atoms with Gasteiger partial charge in [0.05, 0.1) is 11.3 Å². The van der Waals surface area contributed by atoms with Crippen LogP contribution in [0.3, 0.4) is 0 Å². The minimum Gasteiger partial charge on any atom is -0.451 e. The summed E-state index contributed by atoms with van der Waals surface area (Å²) in [5.74, 6) is -0.151. The van der Waals surface area contributed by atoms with Crippen LogP contribution in [0.2, 0.25) is 0 Å². The molecule has 1 amide bonds. The standard InChI is InChI=1S/C25H19N3O2/c29-25(26-14-18-7-3-1-4-8-18)22-13-21-12-11-20(19-9-5-2-6-10-19)15-28(21)24(22)23-16-30-17-27-23/h1-13,15-17H,14H2,(H,26,29). The molecule has 5 nitrogen and oxygen atoms in total. The Labute approximate surface area is 173 Å². The number of benzene rings is 2. The van der Waals surface area contributed by atoms with Gasteiger partial charge in [0.25, 0.3) is 5.91 Å². The third-order valence-corrected chi connectivity index (χ3v) is 5.09. The van der Waals surface area contributed by atoms with Crippen molar-refractivity contribution in [1.82, 2.24) is 14.7 Å². The van der Waals surface area contributed by atoms with Crippen LogP contribution in [-0.4, -0.2) is 15.3 Å². The zero-order valence-electron chi connectivity index (χ0n) is 16.2. The van der Waals surface area contributed by atoms with Crippen molar-refractivity contribution in [2.45, 2.75) is 6.54 Å². The Morgan fingerprint density at radius 2 is 1.70 bits per heavy atom. The summed E-state index contributed by atoms with van der Waals surface area (Å²) in [5, 5.41) is 3.01. The maximum Gasteiger partial charge on any atom is 0.253 e. The van der Waals surface area contributed by atoms with Gasteiger partial charge in [-0.15, -0.1) is 0 Å². The molecule has 0 radical (unpaired) electrons. The Kier molecular flexibility index (Phi) is 4.62. The molecule has 146 valence electrons. The van der Waals surface area contributed by atoms with Gasteiger partial charge < -0.3 is 14.1 Å². The molecule has 0 saturated heterocycles. The van der Waals surface area contributed by atoms with Gasteiger partial charge in [0.15, 0.2) is 6.39 Å². The van der Waals surface area contributed by atoms with Crippen molar-refractivity contribution < 1.29 is 9.21 Å². The van der Waals surface area contributed by atoms with Crippen LogP contribution in [0.1, 0.15) is 15.9 Å². The van der Waals surface area contributed by atoms with Gasteiger partial charge in [-0.2, -0.15) is 0 Å². The third-order valence-electron chi connectivity index (χ3n) is 5.09. The first-order valence-electron chi connectivity index (χ1n) is 9.71. The van der Waals surface area contributed by atoms with E-state index < -0.39 is 0 Å². The van der Waals surface area contributed by atoms with E-state index in [4.69, 9.17) is 4.42 Å². The molecule has 30 heavy (non-hydrogen) atoms. The summed E-state index contributed by atoms with van der Waals surface area (Å²) in [4.78, 5) is 17.4. The maximum absolute atomic E-state index is 13.1. The van der Waals surface area contributed by atoms with Gasteiger partial charge in [-0.1, -0.05) is 66.7 Å². The number of carbonyl (C=O) groups excluding carboxylic acids is 1. The molecular weight excluding hydrogens is 374 g/mol. The quantitative estimate of drug-likeness (QED) is 0.447. The van der Waals surface area contributed by atoms with E-state index in [0.29, 0.717) is 23.5 Å². The van der Waals surface area contributed by atoms with E-state index in [9.17, 15) is 4.79 Å². The molecule has 0 aliphatic heterocycles. The Bertz CT molecular complexity index is 1290. The fourth-order valence-corrected chi connectivity index (χ4v) is 3.61. The van der Waals surface area contributed by atoms with Crippen molar-refractivity contribution in [2.24, 2.45) is 0 Å². The van der Waals surface area contributed by atoms with Gasteiger partial charge in [-0.25, -0.2) is 4.98 Å². The molecule has 0 aliphatic carbocycles. The average Bonchev–Trinajstić information content (AvgIpc) is 3.46. The zero-order valence-corrected chi connectivity index (χ0v) is 16.2. The summed E-state index contributed by atoms with van der Waals surface area (Å²) in [6.07, 6.45) is 4.97. The van der Waals surface area contributed by atoms with Gasteiger partial charge in [0, 0.05) is 18.3 Å². The van der Waals surface area contributed by atoms with E-state index in [1.165, 1.54) is 6.39 Å². The van der Waals surface area contributed by atoms with Crippen molar-refractivity contribution in [3.05, 3.63) is 109 Å². The summed E-state index contributed by atoms with van der Waals surface area (Å²) in [6.45, 7) is 0.458. The highest BCUT2D eigenvalue weighted by Gasteiger charge is 2.20. The van der Waals surface area contributed by atoms with Gasteiger partial charge in [0.2, 0.25) is 0 Å². The number of nitrogens with one attached hydrogen (secondary N) is 1. The maximum atomic E-state index is 13.1. The van der Waals surface area contributed by atoms with Crippen LogP contribution >= 0.6 is 0 Å². The summed E-state index contributed by atoms with van der Waals surface area (Å²) >= 11 is 0. The second-order valence-corrected chi connectivity index (χ2v) is 7.03. The summed E-state index contributed by atoms with van der Waals surface area (Å²) in [7, 11) is 0. The smallest absolute Gasteiger partial charge is 0.253 e. The van der Waals surface area contributed by atoms with Crippen LogP contribution in [0.5, 0.6) is 0 Å². The number of nitrogens with zero attached hydrogens (tertiary/aromatic N) is 2. The van der Waals surface area contributed by atoms with Crippen molar-refractivity contribution in [3.8, 4) is 22.5 Å². The number of hydrogen-bond acceptors (Lipinski definition) is 3. The van der Waals surface area contributed by atoms with Crippen molar-refractivity contribution in [2.75, 3.05) is 0 Å². The van der Waals surface area contributed by atoms with Gasteiger partial charge >= 0.3 is 0 Å². The first kappa shape index (κ1) is 17.9. The number of rotatable bonds is 5. The van der Waals surface area contributed by atoms with E-state index in [1.54, 1.807) is 6.26 Å².